The van der Waals surface area contributed by atoms with Crippen molar-refractivity contribution in [3.05, 3.63) is 35.4 Å². The Hall–Kier alpha value is -1.35. The van der Waals surface area contributed by atoms with E-state index < -0.39 is 5.97 Å². The highest BCUT2D eigenvalue weighted by Gasteiger charge is 2.01. The Kier molecular flexibility index (Phi) is 7.19. The SMILES string of the molecule is CN(C)CCCCCCCc1ccc(C(=O)O)cc1. The number of unbranched alkanes of at least 4 members (excludes halogenated alkanes) is 4. The molecule has 0 spiro atoms. The quantitative estimate of drug-likeness (QED) is 0.694. The molecule has 0 bridgehead atoms. The predicted molar refractivity (Wildman–Crippen MR) is 78.7 cm³/mol. The van der Waals surface area contributed by atoms with Crippen LogP contribution in [0.1, 0.15) is 48.0 Å². The second-order valence-electron chi connectivity index (χ2n) is 5.32. The minimum absolute atomic E-state index is 0.368. The molecule has 3 nitrogen and oxygen atoms in total. The summed E-state index contributed by atoms with van der Waals surface area (Å²) in [5.41, 5.74) is 1.60. The van der Waals surface area contributed by atoms with Crippen LogP contribution in [-0.2, 0) is 6.42 Å². The van der Waals surface area contributed by atoms with E-state index in [1.54, 1.807) is 12.1 Å². The molecule has 1 aromatic rings. The molecule has 0 radical (unpaired) electrons. The zero-order chi connectivity index (χ0) is 14.1. The van der Waals surface area contributed by atoms with Gasteiger partial charge < -0.3 is 10.0 Å². The van der Waals surface area contributed by atoms with Crippen LogP contribution in [-0.4, -0.2) is 36.6 Å². The molecule has 106 valence electrons. The number of carbonyl (C=O) groups is 1. The van der Waals surface area contributed by atoms with E-state index in [2.05, 4.69) is 19.0 Å². The summed E-state index contributed by atoms with van der Waals surface area (Å²) in [6.07, 6.45) is 7.37. The van der Waals surface area contributed by atoms with Gasteiger partial charge in [0.25, 0.3) is 0 Å². The van der Waals surface area contributed by atoms with Gasteiger partial charge in [0, 0.05) is 0 Å². The summed E-state index contributed by atoms with van der Waals surface area (Å²) in [6.45, 7) is 1.18. The molecular weight excluding hydrogens is 238 g/mol. The van der Waals surface area contributed by atoms with Crippen LogP contribution in [0, 0.1) is 0 Å². The molecule has 0 aromatic heterocycles. The van der Waals surface area contributed by atoms with Gasteiger partial charge in [0.15, 0.2) is 0 Å². The third kappa shape index (κ3) is 6.97. The van der Waals surface area contributed by atoms with Crippen molar-refractivity contribution in [1.29, 1.82) is 0 Å². The molecule has 0 aliphatic heterocycles. The fourth-order valence-electron chi connectivity index (χ4n) is 2.10. The summed E-state index contributed by atoms with van der Waals surface area (Å²) in [5, 5.41) is 8.81. The Morgan fingerprint density at radius 3 is 2.16 bits per heavy atom. The van der Waals surface area contributed by atoms with Gasteiger partial charge in [-0.3, -0.25) is 0 Å². The molecular formula is C16H25NO2. The second kappa shape index (κ2) is 8.70. The molecule has 0 saturated carbocycles. The van der Waals surface area contributed by atoms with E-state index in [1.165, 1.54) is 44.2 Å². The van der Waals surface area contributed by atoms with Crippen LogP contribution >= 0.6 is 0 Å². The number of rotatable bonds is 9. The Balaban J connectivity index is 2.11. The van der Waals surface area contributed by atoms with E-state index in [9.17, 15) is 4.79 Å². The van der Waals surface area contributed by atoms with E-state index in [0.717, 1.165) is 6.42 Å². The maximum Gasteiger partial charge on any atom is 0.335 e. The molecule has 0 aliphatic rings. The minimum Gasteiger partial charge on any atom is -0.478 e. The summed E-state index contributed by atoms with van der Waals surface area (Å²) >= 11 is 0. The highest BCUT2D eigenvalue weighted by molar-refractivity contribution is 5.87. The number of aryl methyl sites for hydroxylation is 1. The third-order valence-electron chi connectivity index (χ3n) is 3.27. The fourth-order valence-corrected chi connectivity index (χ4v) is 2.10. The van der Waals surface area contributed by atoms with Crippen LogP contribution in [0.25, 0.3) is 0 Å². The smallest absolute Gasteiger partial charge is 0.335 e. The van der Waals surface area contributed by atoms with E-state index >= 15 is 0 Å². The molecule has 19 heavy (non-hydrogen) atoms. The number of nitrogens with zero attached hydrogens (tertiary/aromatic N) is 1. The topological polar surface area (TPSA) is 40.5 Å². The van der Waals surface area contributed by atoms with Crippen molar-refractivity contribution in [2.24, 2.45) is 0 Å². The average molecular weight is 263 g/mol. The maximum absolute atomic E-state index is 10.7. The number of aromatic carboxylic acids is 1. The van der Waals surface area contributed by atoms with Crippen LogP contribution in [0.15, 0.2) is 24.3 Å². The number of hydrogen-bond donors (Lipinski definition) is 1. The van der Waals surface area contributed by atoms with Crippen LogP contribution in [0.5, 0.6) is 0 Å². The van der Waals surface area contributed by atoms with Crippen LogP contribution < -0.4 is 0 Å². The van der Waals surface area contributed by atoms with Gasteiger partial charge in [0.05, 0.1) is 5.56 Å². The summed E-state index contributed by atoms with van der Waals surface area (Å²) in [5.74, 6) is -0.854. The van der Waals surface area contributed by atoms with Crippen molar-refractivity contribution in [3.63, 3.8) is 0 Å². The highest BCUT2D eigenvalue weighted by atomic mass is 16.4. The van der Waals surface area contributed by atoms with Gasteiger partial charge in [-0.05, 0) is 57.6 Å². The summed E-state index contributed by atoms with van der Waals surface area (Å²) < 4.78 is 0. The van der Waals surface area contributed by atoms with Gasteiger partial charge in [0.1, 0.15) is 0 Å². The van der Waals surface area contributed by atoms with Crippen LogP contribution in [0.3, 0.4) is 0 Å². The van der Waals surface area contributed by atoms with Crippen molar-refractivity contribution in [2.45, 2.75) is 38.5 Å². The van der Waals surface area contributed by atoms with Gasteiger partial charge in [-0.2, -0.15) is 0 Å². The van der Waals surface area contributed by atoms with E-state index in [1.807, 2.05) is 12.1 Å². The van der Waals surface area contributed by atoms with E-state index in [0.29, 0.717) is 5.56 Å². The summed E-state index contributed by atoms with van der Waals surface area (Å²) in [4.78, 5) is 12.9. The number of hydrogen-bond acceptors (Lipinski definition) is 2. The Labute approximate surface area is 116 Å². The maximum atomic E-state index is 10.7. The number of carboxylic acids is 1. The molecule has 1 aromatic carbocycles. The molecule has 0 saturated heterocycles. The average Bonchev–Trinajstić information content (AvgIpc) is 2.38. The van der Waals surface area contributed by atoms with Crippen molar-refractivity contribution in [3.8, 4) is 0 Å². The molecule has 0 unspecified atom stereocenters. The van der Waals surface area contributed by atoms with Crippen molar-refractivity contribution >= 4 is 5.97 Å². The van der Waals surface area contributed by atoms with Gasteiger partial charge >= 0.3 is 5.97 Å². The largest absolute Gasteiger partial charge is 0.478 e. The molecule has 0 fully saturated rings. The molecule has 1 rings (SSSR count). The van der Waals surface area contributed by atoms with Crippen LogP contribution in [0.2, 0.25) is 0 Å². The fraction of sp³-hybridized carbons (Fsp3) is 0.562. The van der Waals surface area contributed by atoms with E-state index in [-0.39, 0.29) is 0 Å². The first-order valence-corrected chi connectivity index (χ1v) is 7.06. The summed E-state index contributed by atoms with van der Waals surface area (Å²) in [6, 6.07) is 7.23. The van der Waals surface area contributed by atoms with Crippen LogP contribution in [0.4, 0.5) is 0 Å². The Morgan fingerprint density at radius 2 is 1.58 bits per heavy atom. The van der Waals surface area contributed by atoms with Gasteiger partial charge in [-0.1, -0.05) is 31.4 Å². The zero-order valence-electron chi connectivity index (χ0n) is 12.1. The highest BCUT2D eigenvalue weighted by Crippen LogP contribution is 2.10. The standard InChI is InChI=1S/C16H25NO2/c1-17(2)13-7-5-3-4-6-8-14-9-11-15(12-10-14)16(18)19/h9-12H,3-8,13H2,1-2H3,(H,18,19). The van der Waals surface area contributed by atoms with Gasteiger partial charge in [-0.25, -0.2) is 4.79 Å². The van der Waals surface area contributed by atoms with Crippen molar-refractivity contribution in [1.82, 2.24) is 4.90 Å². The second-order valence-corrected chi connectivity index (χ2v) is 5.32. The normalized spacial score (nSPS) is 10.9. The summed E-state index contributed by atoms with van der Waals surface area (Å²) in [7, 11) is 4.22. The third-order valence-corrected chi connectivity index (χ3v) is 3.27. The van der Waals surface area contributed by atoms with Crippen molar-refractivity contribution in [2.75, 3.05) is 20.6 Å². The van der Waals surface area contributed by atoms with Gasteiger partial charge in [0.2, 0.25) is 0 Å². The first kappa shape index (κ1) is 15.7. The predicted octanol–water partition coefficient (Wildman–Crippen LogP) is 3.44. The molecule has 3 heteroatoms. The first-order valence-electron chi connectivity index (χ1n) is 7.06. The lowest BCUT2D eigenvalue weighted by Crippen LogP contribution is -2.12. The first-order chi connectivity index (χ1) is 9.09. The molecule has 0 amide bonds. The Bertz CT molecular complexity index is 371. The van der Waals surface area contributed by atoms with E-state index in [4.69, 9.17) is 5.11 Å². The monoisotopic (exact) mass is 263 g/mol. The number of benzene rings is 1. The molecule has 0 atom stereocenters. The zero-order valence-corrected chi connectivity index (χ0v) is 12.1. The number of carboxylic acid groups (broad SMARTS) is 1. The molecule has 0 heterocycles. The van der Waals surface area contributed by atoms with Crippen molar-refractivity contribution < 1.29 is 9.90 Å². The lowest BCUT2D eigenvalue weighted by molar-refractivity contribution is 0.0697. The molecule has 0 aliphatic carbocycles. The minimum atomic E-state index is -0.854. The Morgan fingerprint density at radius 1 is 1.00 bits per heavy atom. The lowest BCUT2D eigenvalue weighted by Gasteiger charge is -2.08. The lowest BCUT2D eigenvalue weighted by atomic mass is 10.0. The van der Waals surface area contributed by atoms with Gasteiger partial charge in [-0.15, -0.1) is 0 Å². The molecule has 1 N–H and O–H groups in total.